The topological polar surface area (TPSA) is 105 Å². The van der Waals surface area contributed by atoms with Gasteiger partial charge < -0.3 is 15.8 Å². The molecule has 111 valence electrons. The van der Waals surface area contributed by atoms with Crippen LogP contribution in [0.15, 0.2) is 24.3 Å². The Morgan fingerprint density at radius 2 is 1.86 bits per heavy atom. The van der Waals surface area contributed by atoms with Crippen LogP contribution >= 0.6 is 0 Å². The Morgan fingerprint density at radius 3 is 2.38 bits per heavy atom. The van der Waals surface area contributed by atoms with E-state index in [-0.39, 0.29) is 13.1 Å². The molecular weight excluding hydrogens is 276 g/mol. The summed E-state index contributed by atoms with van der Waals surface area (Å²) in [4.78, 5) is 36.3. The highest BCUT2D eigenvalue weighted by molar-refractivity contribution is 6.02. The molecule has 3 N–H and O–H groups in total. The first-order valence-corrected chi connectivity index (χ1v) is 6.19. The zero-order valence-corrected chi connectivity index (χ0v) is 11.4. The van der Waals surface area contributed by atoms with Crippen LogP contribution in [0.2, 0.25) is 0 Å². The summed E-state index contributed by atoms with van der Waals surface area (Å²) in [5, 5.41) is 2.49. The molecule has 1 heterocycles. The van der Waals surface area contributed by atoms with Crippen LogP contribution in [0.3, 0.4) is 0 Å². The van der Waals surface area contributed by atoms with E-state index in [9.17, 15) is 14.4 Å². The molecule has 8 heteroatoms. The van der Waals surface area contributed by atoms with Crippen LogP contribution in [0.4, 0.5) is 14.4 Å². The lowest BCUT2D eigenvalue weighted by Crippen LogP contribution is -2.44. The molecule has 0 aliphatic carbocycles. The SMILES string of the molecule is COc1ccc([CH]NC(=O)N2CCN(C(N)=O)C2=O)cc1. The molecule has 1 aromatic carbocycles. The van der Waals surface area contributed by atoms with Gasteiger partial charge in [-0.1, -0.05) is 12.1 Å². The predicted molar refractivity (Wildman–Crippen MR) is 73.3 cm³/mol. The highest BCUT2D eigenvalue weighted by atomic mass is 16.5. The van der Waals surface area contributed by atoms with Crippen LogP contribution < -0.4 is 15.8 Å². The fraction of sp³-hybridized carbons (Fsp3) is 0.231. The number of carbonyl (C=O) groups is 3. The molecule has 0 unspecified atom stereocenters. The Kier molecular flexibility index (Phi) is 4.27. The molecule has 0 spiro atoms. The Labute approximate surface area is 121 Å². The zero-order valence-electron chi connectivity index (χ0n) is 11.4. The number of ether oxygens (including phenoxy) is 1. The molecular formula is C13H15N4O4. The van der Waals surface area contributed by atoms with Gasteiger partial charge in [-0.15, -0.1) is 0 Å². The highest BCUT2D eigenvalue weighted by Gasteiger charge is 2.35. The summed E-state index contributed by atoms with van der Waals surface area (Å²) in [6.45, 7) is 1.68. The maximum absolute atomic E-state index is 11.9. The Balaban J connectivity index is 1.90. The van der Waals surface area contributed by atoms with Gasteiger partial charge in [0.1, 0.15) is 5.75 Å². The molecule has 1 aliphatic heterocycles. The monoisotopic (exact) mass is 291 g/mol. The van der Waals surface area contributed by atoms with E-state index in [0.717, 1.165) is 15.4 Å². The number of nitrogens with two attached hydrogens (primary N) is 1. The average molecular weight is 291 g/mol. The molecule has 0 aromatic heterocycles. The van der Waals surface area contributed by atoms with Crippen molar-refractivity contribution in [3.05, 3.63) is 36.4 Å². The number of carbonyl (C=O) groups excluding carboxylic acids is 3. The minimum absolute atomic E-state index is 0.101. The molecule has 1 radical (unpaired) electrons. The first-order valence-electron chi connectivity index (χ1n) is 6.19. The van der Waals surface area contributed by atoms with Gasteiger partial charge in [0.25, 0.3) is 0 Å². The van der Waals surface area contributed by atoms with Crippen LogP contribution in [0.5, 0.6) is 5.75 Å². The van der Waals surface area contributed by atoms with Crippen molar-refractivity contribution in [2.24, 2.45) is 5.73 Å². The standard InChI is InChI=1S/C13H15N4O4/c1-21-10-4-2-9(3-5-10)8-15-12(19)17-7-6-16(11(14)18)13(17)20/h2-5,8H,6-7H2,1H3,(H2,14,18)(H,15,19). The summed E-state index contributed by atoms with van der Waals surface area (Å²) >= 11 is 0. The van der Waals surface area contributed by atoms with Gasteiger partial charge in [0, 0.05) is 0 Å². The quantitative estimate of drug-likeness (QED) is 0.856. The fourth-order valence-electron chi connectivity index (χ4n) is 1.85. The number of rotatable bonds is 3. The molecule has 1 fully saturated rings. The second kappa shape index (κ2) is 6.12. The van der Waals surface area contributed by atoms with Crippen molar-refractivity contribution >= 4 is 18.1 Å². The van der Waals surface area contributed by atoms with Crippen molar-refractivity contribution in [3.63, 3.8) is 0 Å². The van der Waals surface area contributed by atoms with Crippen molar-refractivity contribution in [2.45, 2.75) is 0 Å². The minimum atomic E-state index is -0.866. The van der Waals surface area contributed by atoms with Gasteiger partial charge in [-0.3, -0.25) is 0 Å². The van der Waals surface area contributed by atoms with Crippen LogP contribution in [-0.2, 0) is 0 Å². The number of hydrogen-bond donors (Lipinski definition) is 2. The third kappa shape index (κ3) is 3.22. The molecule has 0 atom stereocenters. The molecule has 1 aromatic rings. The number of imide groups is 2. The lowest BCUT2D eigenvalue weighted by Gasteiger charge is -2.15. The van der Waals surface area contributed by atoms with Crippen LogP contribution in [0, 0.1) is 6.54 Å². The van der Waals surface area contributed by atoms with Crippen molar-refractivity contribution < 1.29 is 19.1 Å². The first kappa shape index (κ1) is 14.6. The molecule has 1 aliphatic rings. The van der Waals surface area contributed by atoms with Gasteiger partial charge in [0.15, 0.2) is 0 Å². The number of amides is 6. The molecule has 0 bridgehead atoms. The smallest absolute Gasteiger partial charge is 0.336 e. The number of urea groups is 3. The lowest BCUT2D eigenvalue weighted by atomic mass is 10.2. The van der Waals surface area contributed by atoms with E-state index in [2.05, 4.69) is 5.32 Å². The molecule has 21 heavy (non-hydrogen) atoms. The van der Waals surface area contributed by atoms with Crippen LogP contribution in [-0.4, -0.2) is 48.1 Å². The van der Waals surface area contributed by atoms with Gasteiger partial charge in [-0.25, -0.2) is 24.2 Å². The summed E-state index contributed by atoms with van der Waals surface area (Å²) in [5.41, 5.74) is 5.77. The normalized spacial score (nSPS) is 14.2. The van der Waals surface area contributed by atoms with Crippen molar-refractivity contribution in [3.8, 4) is 5.75 Å². The van der Waals surface area contributed by atoms with Gasteiger partial charge in [0.2, 0.25) is 0 Å². The Hall–Kier alpha value is -2.77. The number of nitrogens with zero attached hydrogens (tertiary/aromatic N) is 2. The van der Waals surface area contributed by atoms with Gasteiger partial charge in [-0.2, -0.15) is 0 Å². The molecule has 1 saturated heterocycles. The molecule has 2 rings (SSSR count). The maximum Gasteiger partial charge on any atom is 0.336 e. The average Bonchev–Trinajstić information content (AvgIpc) is 2.87. The first-order chi connectivity index (χ1) is 10.0. The van der Waals surface area contributed by atoms with Crippen molar-refractivity contribution in [2.75, 3.05) is 20.2 Å². The molecule has 0 saturated carbocycles. The minimum Gasteiger partial charge on any atom is -0.497 e. The maximum atomic E-state index is 11.9. The largest absolute Gasteiger partial charge is 0.497 e. The number of benzene rings is 1. The van der Waals surface area contributed by atoms with E-state index >= 15 is 0 Å². The number of primary amides is 1. The van der Waals surface area contributed by atoms with E-state index in [1.54, 1.807) is 31.4 Å². The summed E-state index contributed by atoms with van der Waals surface area (Å²) < 4.78 is 5.02. The van der Waals surface area contributed by atoms with Crippen LogP contribution in [0.25, 0.3) is 0 Å². The summed E-state index contributed by atoms with van der Waals surface area (Å²) in [5.74, 6) is 0.699. The highest BCUT2D eigenvalue weighted by Crippen LogP contribution is 2.12. The summed E-state index contributed by atoms with van der Waals surface area (Å²) in [7, 11) is 1.56. The van der Waals surface area contributed by atoms with Gasteiger partial charge >= 0.3 is 18.1 Å². The van der Waals surface area contributed by atoms with E-state index in [0.29, 0.717) is 5.75 Å². The van der Waals surface area contributed by atoms with Crippen molar-refractivity contribution in [1.82, 2.24) is 15.1 Å². The lowest BCUT2D eigenvalue weighted by molar-refractivity contribution is 0.185. The summed E-state index contributed by atoms with van der Waals surface area (Å²) in [6.07, 6.45) is 0. The third-order valence-corrected chi connectivity index (χ3v) is 3.00. The number of methoxy groups -OCH3 is 1. The van der Waals surface area contributed by atoms with E-state index in [4.69, 9.17) is 10.5 Å². The van der Waals surface area contributed by atoms with Gasteiger partial charge in [-0.05, 0) is 17.7 Å². The van der Waals surface area contributed by atoms with E-state index in [1.807, 2.05) is 0 Å². The predicted octanol–water partition coefficient (Wildman–Crippen LogP) is 0.731. The van der Waals surface area contributed by atoms with Gasteiger partial charge in [0.05, 0.1) is 26.7 Å². The van der Waals surface area contributed by atoms with E-state index in [1.165, 1.54) is 6.54 Å². The van der Waals surface area contributed by atoms with Crippen molar-refractivity contribution in [1.29, 1.82) is 0 Å². The number of nitrogens with one attached hydrogen (secondary N) is 1. The van der Waals surface area contributed by atoms with Crippen LogP contribution in [0.1, 0.15) is 5.56 Å². The molecule has 6 amide bonds. The third-order valence-electron chi connectivity index (χ3n) is 3.00. The Bertz CT molecular complexity index is 558. The molecule has 8 nitrogen and oxygen atoms in total. The zero-order chi connectivity index (χ0) is 15.4. The number of hydrogen-bond acceptors (Lipinski definition) is 4. The Morgan fingerprint density at radius 1 is 1.24 bits per heavy atom. The van der Waals surface area contributed by atoms with E-state index < -0.39 is 18.1 Å². The fourth-order valence-corrected chi connectivity index (χ4v) is 1.85. The summed E-state index contributed by atoms with van der Waals surface area (Å²) in [6, 6.07) is 4.79. The second-order valence-corrected chi connectivity index (χ2v) is 4.29. The second-order valence-electron chi connectivity index (χ2n) is 4.29.